The standard InChI is InChI=1S/C23H23N5O.ClH/c24-14-18-6-8-19(9-7-18)16-27-17-25-15-21(27)10-12-26-22-11-13-28(23(22)29)20-4-2-1-3-5-20;/h1-9,15,17,22,26H,10-13,16H2;1H/t22-;/m1./s1. The number of amides is 1. The zero-order chi connectivity index (χ0) is 20.1. The first-order valence-corrected chi connectivity index (χ1v) is 9.82. The van der Waals surface area contributed by atoms with E-state index < -0.39 is 0 Å². The summed E-state index contributed by atoms with van der Waals surface area (Å²) in [6.45, 7) is 2.18. The molecular weight excluding hydrogens is 398 g/mol. The summed E-state index contributed by atoms with van der Waals surface area (Å²) in [6.07, 6.45) is 5.31. The van der Waals surface area contributed by atoms with Gasteiger partial charge in [0.25, 0.3) is 0 Å². The van der Waals surface area contributed by atoms with Crippen LogP contribution < -0.4 is 10.2 Å². The quantitative estimate of drug-likeness (QED) is 0.636. The van der Waals surface area contributed by atoms with E-state index in [1.54, 1.807) is 0 Å². The molecule has 0 saturated carbocycles. The van der Waals surface area contributed by atoms with Gasteiger partial charge in [-0.2, -0.15) is 5.26 Å². The SMILES string of the molecule is Cl.N#Cc1ccc(Cn2cncc2CCN[C@@H]2CCN(c3ccccc3)C2=O)cc1. The second-order valence-corrected chi connectivity index (χ2v) is 7.19. The first kappa shape index (κ1) is 21.6. The summed E-state index contributed by atoms with van der Waals surface area (Å²) >= 11 is 0. The third kappa shape index (κ3) is 4.88. The molecule has 0 unspecified atom stereocenters. The number of hydrogen-bond donors (Lipinski definition) is 1. The molecule has 6 nitrogen and oxygen atoms in total. The average Bonchev–Trinajstić information content (AvgIpc) is 3.36. The number of hydrogen-bond acceptors (Lipinski definition) is 4. The molecule has 1 N–H and O–H groups in total. The molecule has 2 aromatic carbocycles. The van der Waals surface area contributed by atoms with Crippen LogP contribution in [-0.4, -0.2) is 34.6 Å². The lowest BCUT2D eigenvalue weighted by molar-refractivity contribution is -0.118. The van der Waals surface area contributed by atoms with E-state index in [1.165, 1.54) is 0 Å². The van der Waals surface area contributed by atoms with Crippen molar-refractivity contribution < 1.29 is 4.79 Å². The Hall–Kier alpha value is -3.14. The summed E-state index contributed by atoms with van der Waals surface area (Å²) in [5, 5.41) is 12.3. The number of rotatable bonds is 7. The van der Waals surface area contributed by atoms with E-state index in [1.807, 2.05) is 72.0 Å². The van der Waals surface area contributed by atoms with Crippen molar-refractivity contribution in [2.24, 2.45) is 0 Å². The first-order chi connectivity index (χ1) is 14.2. The minimum Gasteiger partial charge on any atom is -0.330 e. The molecule has 1 atom stereocenters. The van der Waals surface area contributed by atoms with Crippen LogP contribution in [-0.2, 0) is 17.8 Å². The normalized spacial score (nSPS) is 15.6. The minimum atomic E-state index is -0.134. The van der Waals surface area contributed by atoms with Crippen molar-refractivity contribution >= 4 is 24.0 Å². The van der Waals surface area contributed by atoms with Gasteiger partial charge in [-0.3, -0.25) is 4.79 Å². The third-order valence-electron chi connectivity index (χ3n) is 5.28. The van der Waals surface area contributed by atoms with Crippen LogP contribution in [0.5, 0.6) is 0 Å². The predicted molar refractivity (Wildman–Crippen MR) is 119 cm³/mol. The lowest BCUT2D eigenvalue weighted by Crippen LogP contribution is -2.39. The number of carbonyl (C=O) groups excluding carboxylic acids is 1. The van der Waals surface area contributed by atoms with Gasteiger partial charge in [-0.1, -0.05) is 30.3 Å². The molecule has 0 spiro atoms. The Labute approximate surface area is 182 Å². The molecule has 1 amide bonds. The number of imidazole rings is 1. The molecule has 0 bridgehead atoms. The molecule has 1 saturated heterocycles. The van der Waals surface area contributed by atoms with Gasteiger partial charge in [0, 0.05) is 43.6 Å². The van der Waals surface area contributed by atoms with Crippen molar-refractivity contribution in [3.05, 3.63) is 83.9 Å². The fraction of sp³-hybridized carbons (Fsp3) is 0.261. The number of nitrogens with one attached hydrogen (secondary N) is 1. The van der Waals surface area contributed by atoms with Crippen molar-refractivity contribution in [1.82, 2.24) is 14.9 Å². The van der Waals surface area contributed by atoms with Crippen LogP contribution in [0.1, 0.15) is 23.2 Å². The third-order valence-corrected chi connectivity index (χ3v) is 5.28. The fourth-order valence-electron chi connectivity index (χ4n) is 3.69. The van der Waals surface area contributed by atoms with Gasteiger partial charge in [-0.25, -0.2) is 4.98 Å². The summed E-state index contributed by atoms with van der Waals surface area (Å²) in [7, 11) is 0. The largest absolute Gasteiger partial charge is 0.330 e. The number of anilines is 1. The first-order valence-electron chi connectivity index (χ1n) is 9.82. The highest BCUT2D eigenvalue weighted by Crippen LogP contribution is 2.21. The van der Waals surface area contributed by atoms with E-state index in [-0.39, 0.29) is 24.4 Å². The van der Waals surface area contributed by atoms with Gasteiger partial charge in [-0.15, -0.1) is 12.4 Å². The summed E-state index contributed by atoms with van der Waals surface area (Å²) in [6, 6.07) is 19.4. The number of aromatic nitrogens is 2. The zero-order valence-corrected chi connectivity index (χ0v) is 17.4. The summed E-state index contributed by atoms with van der Waals surface area (Å²) < 4.78 is 2.11. The Balaban J connectivity index is 0.00000256. The Morgan fingerprint density at radius 3 is 2.63 bits per heavy atom. The lowest BCUT2D eigenvalue weighted by Gasteiger charge is -2.17. The number of nitriles is 1. The maximum Gasteiger partial charge on any atom is 0.244 e. The number of halogens is 1. The molecule has 0 aliphatic carbocycles. The van der Waals surface area contributed by atoms with Crippen LogP contribution in [0.3, 0.4) is 0 Å². The molecule has 154 valence electrons. The fourth-order valence-corrected chi connectivity index (χ4v) is 3.69. The van der Waals surface area contributed by atoms with Crippen molar-refractivity contribution in [3.8, 4) is 6.07 Å². The average molecular weight is 422 g/mol. The van der Waals surface area contributed by atoms with Gasteiger partial charge in [0.1, 0.15) is 0 Å². The molecule has 2 heterocycles. The maximum absolute atomic E-state index is 12.7. The van der Waals surface area contributed by atoms with Crippen molar-refractivity contribution in [2.75, 3.05) is 18.0 Å². The zero-order valence-electron chi connectivity index (χ0n) is 16.6. The maximum atomic E-state index is 12.7. The van der Waals surface area contributed by atoms with E-state index in [0.29, 0.717) is 12.1 Å². The van der Waals surface area contributed by atoms with Crippen LogP contribution in [0, 0.1) is 11.3 Å². The summed E-state index contributed by atoms with van der Waals surface area (Å²) in [5.74, 6) is 0.141. The molecule has 1 fully saturated rings. The second kappa shape index (κ2) is 10.1. The highest BCUT2D eigenvalue weighted by molar-refractivity contribution is 5.99. The van der Waals surface area contributed by atoms with E-state index in [4.69, 9.17) is 5.26 Å². The van der Waals surface area contributed by atoms with Gasteiger partial charge < -0.3 is 14.8 Å². The van der Waals surface area contributed by atoms with Gasteiger partial charge in [-0.05, 0) is 36.2 Å². The molecule has 3 aromatic rings. The molecule has 0 radical (unpaired) electrons. The van der Waals surface area contributed by atoms with E-state index >= 15 is 0 Å². The summed E-state index contributed by atoms with van der Waals surface area (Å²) in [4.78, 5) is 18.8. The van der Waals surface area contributed by atoms with Crippen molar-refractivity contribution in [1.29, 1.82) is 5.26 Å². The molecular formula is C23H24ClN5O. The molecule has 1 aliphatic rings. The summed E-state index contributed by atoms with van der Waals surface area (Å²) in [5.41, 5.74) is 3.87. The van der Waals surface area contributed by atoms with Gasteiger partial charge >= 0.3 is 0 Å². The molecule has 1 aromatic heterocycles. The van der Waals surface area contributed by atoms with Crippen LogP contribution in [0.2, 0.25) is 0 Å². The van der Waals surface area contributed by atoms with E-state index in [2.05, 4.69) is 20.9 Å². The van der Waals surface area contributed by atoms with Gasteiger partial charge in [0.15, 0.2) is 0 Å². The van der Waals surface area contributed by atoms with Gasteiger partial charge in [0.2, 0.25) is 5.91 Å². The minimum absolute atomic E-state index is 0. The Bertz CT molecular complexity index is 1010. The van der Waals surface area contributed by atoms with Crippen LogP contribution in [0.25, 0.3) is 0 Å². The second-order valence-electron chi connectivity index (χ2n) is 7.19. The topological polar surface area (TPSA) is 74.0 Å². The van der Waals surface area contributed by atoms with Crippen molar-refractivity contribution in [3.63, 3.8) is 0 Å². The lowest BCUT2D eigenvalue weighted by atomic mass is 10.1. The van der Waals surface area contributed by atoms with Crippen molar-refractivity contribution in [2.45, 2.75) is 25.4 Å². The highest BCUT2D eigenvalue weighted by atomic mass is 35.5. The van der Waals surface area contributed by atoms with Crippen LogP contribution in [0.15, 0.2) is 67.1 Å². The van der Waals surface area contributed by atoms with E-state index in [0.717, 1.165) is 42.9 Å². The van der Waals surface area contributed by atoms with Crippen LogP contribution >= 0.6 is 12.4 Å². The molecule has 7 heteroatoms. The Morgan fingerprint density at radius 2 is 1.90 bits per heavy atom. The van der Waals surface area contributed by atoms with Gasteiger partial charge in [0.05, 0.1) is 24.0 Å². The highest BCUT2D eigenvalue weighted by Gasteiger charge is 2.31. The number of benzene rings is 2. The number of para-hydroxylation sites is 1. The Kier molecular flexibility index (Phi) is 7.23. The molecule has 30 heavy (non-hydrogen) atoms. The number of carbonyl (C=O) groups is 1. The van der Waals surface area contributed by atoms with Crippen LogP contribution in [0.4, 0.5) is 5.69 Å². The monoisotopic (exact) mass is 421 g/mol. The molecule has 1 aliphatic heterocycles. The molecule has 4 rings (SSSR count). The smallest absolute Gasteiger partial charge is 0.244 e. The predicted octanol–water partition coefficient (Wildman–Crippen LogP) is 3.16. The van der Waals surface area contributed by atoms with E-state index in [9.17, 15) is 4.79 Å². The number of nitrogens with zero attached hydrogens (tertiary/aromatic N) is 4. The Morgan fingerprint density at radius 1 is 1.13 bits per heavy atom.